The number of carbonyl (C=O) groups excluding carboxylic acids is 1. The third-order valence-corrected chi connectivity index (χ3v) is 1.36. The van der Waals surface area contributed by atoms with Crippen molar-refractivity contribution in [2.45, 2.75) is 20.3 Å². The summed E-state index contributed by atoms with van der Waals surface area (Å²) in [5.41, 5.74) is 7.60. The van der Waals surface area contributed by atoms with E-state index in [2.05, 4.69) is 5.48 Å². The molecule has 0 bridgehead atoms. The largest absolute Gasteiger partial charge is 0.330 e. The Hall–Kier alpha value is -0.610. The Morgan fingerprint density at radius 3 is 2.82 bits per heavy atom. The third-order valence-electron chi connectivity index (χ3n) is 1.36. The number of rotatable bonds is 5. The number of hydrogen-bond acceptors (Lipinski definition) is 3. The average Bonchev–Trinajstić information content (AvgIpc) is 2.00. The van der Waals surface area contributed by atoms with Crippen molar-refractivity contribution in [2.75, 3.05) is 13.2 Å². The molecule has 0 aliphatic rings. The van der Waals surface area contributed by atoms with Gasteiger partial charge in [-0.3, -0.25) is 9.63 Å². The Kier molecular flexibility index (Phi) is 5.78. The molecule has 4 nitrogen and oxygen atoms in total. The van der Waals surface area contributed by atoms with E-state index in [0.29, 0.717) is 19.6 Å². The van der Waals surface area contributed by atoms with E-state index in [1.54, 1.807) is 0 Å². The molecule has 4 heteroatoms. The maximum atomic E-state index is 11.0. The van der Waals surface area contributed by atoms with Gasteiger partial charge in [0.1, 0.15) is 0 Å². The van der Waals surface area contributed by atoms with Crippen LogP contribution in [0.1, 0.15) is 20.3 Å². The van der Waals surface area contributed by atoms with Gasteiger partial charge in [-0.15, -0.1) is 0 Å². The lowest BCUT2D eigenvalue weighted by atomic mass is 10.1. The highest BCUT2D eigenvalue weighted by molar-refractivity contribution is 5.77. The predicted octanol–water partition coefficient (Wildman–Crippen LogP) is 0.0390. The van der Waals surface area contributed by atoms with Crippen LogP contribution in [-0.4, -0.2) is 19.1 Å². The van der Waals surface area contributed by atoms with Crippen LogP contribution >= 0.6 is 0 Å². The molecule has 11 heavy (non-hydrogen) atoms. The van der Waals surface area contributed by atoms with Gasteiger partial charge < -0.3 is 5.73 Å². The van der Waals surface area contributed by atoms with Gasteiger partial charge in [0.2, 0.25) is 5.91 Å². The Bertz CT molecular complexity index is 117. The molecule has 0 aromatic heterocycles. The van der Waals surface area contributed by atoms with Gasteiger partial charge in [-0.2, -0.15) is 0 Å². The molecule has 66 valence electrons. The second-order valence-electron chi connectivity index (χ2n) is 2.38. The molecule has 0 fully saturated rings. The van der Waals surface area contributed by atoms with Crippen molar-refractivity contribution in [1.29, 1.82) is 0 Å². The SMILES string of the molecule is CCONC(=O)C(C)CCN. The first kappa shape index (κ1) is 10.4. The first-order valence-electron chi connectivity index (χ1n) is 3.84. The summed E-state index contributed by atoms with van der Waals surface area (Å²) >= 11 is 0. The van der Waals surface area contributed by atoms with Crippen molar-refractivity contribution in [3.05, 3.63) is 0 Å². The zero-order chi connectivity index (χ0) is 8.69. The van der Waals surface area contributed by atoms with Gasteiger partial charge in [-0.25, -0.2) is 5.48 Å². The van der Waals surface area contributed by atoms with Crippen LogP contribution in [0.2, 0.25) is 0 Å². The molecule has 0 aliphatic carbocycles. The Morgan fingerprint density at radius 2 is 2.36 bits per heavy atom. The molecule has 0 aromatic carbocycles. The minimum absolute atomic E-state index is 0.0634. The summed E-state index contributed by atoms with van der Waals surface area (Å²) in [5.74, 6) is -0.163. The van der Waals surface area contributed by atoms with Crippen molar-refractivity contribution in [2.24, 2.45) is 11.7 Å². The van der Waals surface area contributed by atoms with Crippen molar-refractivity contribution in [3.63, 3.8) is 0 Å². The number of hydroxylamine groups is 1. The van der Waals surface area contributed by atoms with E-state index in [9.17, 15) is 4.79 Å². The maximum Gasteiger partial charge on any atom is 0.246 e. The van der Waals surface area contributed by atoms with Gasteiger partial charge >= 0.3 is 0 Å². The highest BCUT2D eigenvalue weighted by atomic mass is 16.6. The first-order chi connectivity index (χ1) is 5.22. The fraction of sp³-hybridized carbons (Fsp3) is 0.857. The van der Waals surface area contributed by atoms with Crippen LogP contribution in [0.15, 0.2) is 0 Å². The highest BCUT2D eigenvalue weighted by Gasteiger charge is 2.10. The number of carbonyl (C=O) groups is 1. The summed E-state index contributed by atoms with van der Waals surface area (Å²) in [6.07, 6.45) is 0.693. The summed E-state index contributed by atoms with van der Waals surface area (Å²) in [5, 5.41) is 0. The summed E-state index contributed by atoms with van der Waals surface area (Å²) in [4.78, 5) is 15.7. The van der Waals surface area contributed by atoms with Crippen molar-refractivity contribution < 1.29 is 9.63 Å². The zero-order valence-electron chi connectivity index (χ0n) is 7.09. The van der Waals surface area contributed by atoms with E-state index in [0.717, 1.165) is 0 Å². The van der Waals surface area contributed by atoms with Crippen LogP contribution in [0, 0.1) is 5.92 Å². The van der Waals surface area contributed by atoms with Crippen LogP contribution in [0.5, 0.6) is 0 Å². The topological polar surface area (TPSA) is 64.3 Å². The molecule has 1 unspecified atom stereocenters. The van der Waals surface area contributed by atoms with Crippen molar-refractivity contribution >= 4 is 5.91 Å². The number of amides is 1. The molecule has 0 aromatic rings. The highest BCUT2D eigenvalue weighted by Crippen LogP contribution is 1.98. The van der Waals surface area contributed by atoms with E-state index in [4.69, 9.17) is 10.6 Å². The second kappa shape index (κ2) is 6.12. The van der Waals surface area contributed by atoms with Crippen molar-refractivity contribution in [1.82, 2.24) is 5.48 Å². The van der Waals surface area contributed by atoms with Crippen LogP contribution in [-0.2, 0) is 9.63 Å². The standard InChI is InChI=1S/C7H16N2O2/c1-3-11-9-7(10)6(2)4-5-8/h6H,3-5,8H2,1-2H3,(H,9,10). The van der Waals surface area contributed by atoms with E-state index in [-0.39, 0.29) is 11.8 Å². The van der Waals surface area contributed by atoms with Crippen molar-refractivity contribution in [3.8, 4) is 0 Å². The smallest absolute Gasteiger partial charge is 0.246 e. The zero-order valence-corrected chi connectivity index (χ0v) is 7.09. The van der Waals surface area contributed by atoms with E-state index < -0.39 is 0 Å². The fourth-order valence-corrected chi connectivity index (χ4v) is 0.625. The number of hydrogen-bond donors (Lipinski definition) is 2. The molecular formula is C7H16N2O2. The van der Waals surface area contributed by atoms with Gasteiger partial charge in [0.15, 0.2) is 0 Å². The monoisotopic (exact) mass is 160 g/mol. The van der Waals surface area contributed by atoms with Crippen LogP contribution < -0.4 is 11.2 Å². The lowest BCUT2D eigenvalue weighted by Crippen LogP contribution is -2.30. The van der Waals surface area contributed by atoms with E-state index in [1.165, 1.54) is 0 Å². The van der Waals surface area contributed by atoms with Crippen LogP contribution in [0.3, 0.4) is 0 Å². The Labute approximate surface area is 67.0 Å². The number of nitrogens with one attached hydrogen (secondary N) is 1. The molecule has 0 radical (unpaired) electrons. The van der Waals surface area contributed by atoms with Crippen LogP contribution in [0.25, 0.3) is 0 Å². The normalized spacial score (nSPS) is 12.6. The molecule has 0 saturated heterocycles. The van der Waals surface area contributed by atoms with Crippen LogP contribution in [0.4, 0.5) is 0 Å². The predicted molar refractivity (Wildman–Crippen MR) is 42.6 cm³/mol. The second-order valence-corrected chi connectivity index (χ2v) is 2.38. The van der Waals surface area contributed by atoms with Gasteiger partial charge in [0, 0.05) is 5.92 Å². The minimum Gasteiger partial charge on any atom is -0.330 e. The summed E-state index contributed by atoms with van der Waals surface area (Å²) in [6, 6.07) is 0. The van der Waals surface area contributed by atoms with E-state index in [1.807, 2.05) is 13.8 Å². The van der Waals surface area contributed by atoms with Gasteiger partial charge in [0.25, 0.3) is 0 Å². The molecule has 1 atom stereocenters. The summed E-state index contributed by atoms with van der Waals surface area (Å²) in [6.45, 7) is 4.65. The molecular weight excluding hydrogens is 144 g/mol. The summed E-state index contributed by atoms with van der Waals surface area (Å²) in [7, 11) is 0. The lowest BCUT2D eigenvalue weighted by molar-refractivity contribution is -0.137. The molecule has 0 spiro atoms. The average molecular weight is 160 g/mol. The molecule has 0 saturated carbocycles. The maximum absolute atomic E-state index is 11.0. The Balaban J connectivity index is 3.47. The molecule has 0 rings (SSSR count). The first-order valence-corrected chi connectivity index (χ1v) is 3.84. The summed E-state index contributed by atoms with van der Waals surface area (Å²) < 4.78 is 0. The van der Waals surface area contributed by atoms with Gasteiger partial charge in [-0.1, -0.05) is 6.92 Å². The van der Waals surface area contributed by atoms with E-state index >= 15 is 0 Å². The molecule has 1 amide bonds. The Morgan fingerprint density at radius 1 is 1.73 bits per heavy atom. The lowest BCUT2D eigenvalue weighted by Gasteiger charge is -2.09. The third kappa shape index (κ3) is 4.75. The molecule has 3 N–H and O–H groups in total. The number of nitrogens with two attached hydrogens (primary N) is 1. The quantitative estimate of drug-likeness (QED) is 0.558. The molecule has 0 heterocycles. The molecule has 0 aliphatic heterocycles. The van der Waals surface area contributed by atoms with Gasteiger partial charge in [-0.05, 0) is 19.9 Å². The van der Waals surface area contributed by atoms with Gasteiger partial charge in [0.05, 0.1) is 6.61 Å². The minimum atomic E-state index is -0.0997. The fourth-order valence-electron chi connectivity index (χ4n) is 0.625.